The smallest absolute Gasteiger partial charge is 0.0621 e. The van der Waals surface area contributed by atoms with Gasteiger partial charge in [0.1, 0.15) is 0 Å². The van der Waals surface area contributed by atoms with E-state index in [4.69, 9.17) is 11.6 Å². The fraction of sp³-hybridized carbons (Fsp3) is 0.583. The van der Waals surface area contributed by atoms with E-state index in [1.807, 2.05) is 6.20 Å². The molecule has 2 heterocycles. The number of halogens is 1. The van der Waals surface area contributed by atoms with Crippen LogP contribution in [0, 0.1) is 6.92 Å². The molecule has 1 fully saturated rings. The van der Waals surface area contributed by atoms with Crippen LogP contribution in [0.2, 0.25) is 5.02 Å². The lowest BCUT2D eigenvalue weighted by Gasteiger charge is -2.27. The third-order valence-electron chi connectivity index (χ3n) is 3.17. The van der Waals surface area contributed by atoms with Gasteiger partial charge in [0.15, 0.2) is 0 Å². The first-order valence-electron chi connectivity index (χ1n) is 5.79. The molecule has 3 nitrogen and oxygen atoms in total. The van der Waals surface area contributed by atoms with Crippen LogP contribution in [0.15, 0.2) is 12.4 Å². The van der Waals surface area contributed by atoms with Gasteiger partial charge in [0.2, 0.25) is 0 Å². The summed E-state index contributed by atoms with van der Waals surface area (Å²) in [4.78, 5) is 6.63. The van der Waals surface area contributed by atoms with E-state index >= 15 is 0 Å². The predicted molar refractivity (Wildman–Crippen MR) is 67.0 cm³/mol. The van der Waals surface area contributed by atoms with Crippen LogP contribution in [0.4, 0.5) is 0 Å². The van der Waals surface area contributed by atoms with Gasteiger partial charge < -0.3 is 10.2 Å². The van der Waals surface area contributed by atoms with Crippen molar-refractivity contribution in [1.29, 1.82) is 0 Å². The molecule has 4 heteroatoms. The molecule has 0 bridgehead atoms. The lowest BCUT2D eigenvalue weighted by atomic mass is 10.1. The molecule has 0 aromatic carbocycles. The maximum atomic E-state index is 6.05. The minimum Gasteiger partial charge on any atom is -0.314 e. The Morgan fingerprint density at radius 1 is 1.38 bits per heavy atom. The first-order valence-corrected chi connectivity index (χ1v) is 6.17. The van der Waals surface area contributed by atoms with E-state index in [0.29, 0.717) is 0 Å². The van der Waals surface area contributed by atoms with Crippen LogP contribution in [0.3, 0.4) is 0 Å². The zero-order chi connectivity index (χ0) is 11.4. The van der Waals surface area contributed by atoms with Crippen molar-refractivity contribution in [1.82, 2.24) is 15.2 Å². The summed E-state index contributed by atoms with van der Waals surface area (Å²) in [5.74, 6) is 0. The van der Waals surface area contributed by atoms with Gasteiger partial charge in [-0.2, -0.15) is 0 Å². The van der Waals surface area contributed by atoms with Crippen molar-refractivity contribution >= 4 is 11.6 Å². The quantitative estimate of drug-likeness (QED) is 0.867. The Bertz CT molecular complexity index is 348. The van der Waals surface area contributed by atoms with Crippen molar-refractivity contribution < 1.29 is 0 Å². The number of aromatic nitrogens is 1. The highest BCUT2D eigenvalue weighted by Crippen LogP contribution is 2.17. The molecule has 0 radical (unpaired) electrons. The summed E-state index contributed by atoms with van der Waals surface area (Å²) in [6.45, 7) is 7.67. The van der Waals surface area contributed by atoms with Crippen LogP contribution in [0.1, 0.15) is 11.1 Å². The highest BCUT2D eigenvalue weighted by Gasteiger charge is 2.10. The Morgan fingerprint density at radius 3 is 2.88 bits per heavy atom. The van der Waals surface area contributed by atoms with Crippen molar-refractivity contribution in [3.63, 3.8) is 0 Å². The van der Waals surface area contributed by atoms with E-state index in [1.165, 1.54) is 11.1 Å². The van der Waals surface area contributed by atoms with Crippen LogP contribution in [-0.2, 0) is 6.42 Å². The summed E-state index contributed by atoms with van der Waals surface area (Å²) in [6.07, 6.45) is 4.69. The number of hydrogen-bond donors (Lipinski definition) is 1. The number of hydrogen-bond acceptors (Lipinski definition) is 3. The minimum absolute atomic E-state index is 0.776. The molecular weight excluding hydrogens is 222 g/mol. The van der Waals surface area contributed by atoms with Crippen molar-refractivity contribution in [2.75, 3.05) is 32.7 Å². The minimum atomic E-state index is 0.776. The summed E-state index contributed by atoms with van der Waals surface area (Å²) in [5.41, 5.74) is 2.44. The molecule has 1 saturated heterocycles. The first-order chi connectivity index (χ1) is 7.77. The third-order valence-corrected chi connectivity index (χ3v) is 3.55. The molecule has 1 aromatic rings. The van der Waals surface area contributed by atoms with Crippen molar-refractivity contribution in [3.05, 3.63) is 28.5 Å². The van der Waals surface area contributed by atoms with Crippen LogP contribution in [0.25, 0.3) is 0 Å². The van der Waals surface area contributed by atoms with Crippen molar-refractivity contribution in [2.24, 2.45) is 0 Å². The molecule has 0 unspecified atom stereocenters. The Hall–Kier alpha value is -0.640. The molecule has 2 rings (SSSR count). The number of nitrogens with zero attached hydrogens (tertiary/aromatic N) is 2. The summed E-state index contributed by atoms with van der Waals surface area (Å²) < 4.78 is 0. The normalized spacial score (nSPS) is 17.6. The average Bonchev–Trinajstić information content (AvgIpc) is 2.32. The second-order valence-electron chi connectivity index (χ2n) is 4.25. The van der Waals surface area contributed by atoms with Crippen LogP contribution in [0.5, 0.6) is 0 Å². The van der Waals surface area contributed by atoms with E-state index in [1.54, 1.807) is 6.20 Å². The maximum Gasteiger partial charge on any atom is 0.0621 e. The molecule has 0 saturated carbocycles. The lowest BCUT2D eigenvalue weighted by Crippen LogP contribution is -2.44. The topological polar surface area (TPSA) is 28.2 Å². The van der Waals surface area contributed by atoms with Gasteiger partial charge in [-0.1, -0.05) is 11.6 Å². The summed E-state index contributed by atoms with van der Waals surface area (Å²) >= 11 is 6.05. The van der Waals surface area contributed by atoms with Crippen LogP contribution in [-0.4, -0.2) is 42.6 Å². The van der Waals surface area contributed by atoms with Gasteiger partial charge in [0.25, 0.3) is 0 Å². The Balaban J connectivity index is 1.91. The molecule has 0 aliphatic carbocycles. The van der Waals surface area contributed by atoms with Gasteiger partial charge in [-0.3, -0.25) is 4.98 Å². The second-order valence-corrected chi connectivity index (χ2v) is 4.65. The molecular formula is C12H18ClN3. The van der Waals surface area contributed by atoms with E-state index in [9.17, 15) is 0 Å². The molecule has 1 aliphatic rings. The fourth-order valence-corrected chi connectivity index (χ4v) is 2.18. The number of pyridine rings is 1. The largest absolute Gasteiger partial charge is 0.314 e. The number of rotatable bonds is 3. The molecule has 88 valence electrons. The summed E-state index contributed by atoms with van der Waals surface area (Å²) in [6, 6.07) is 0. The van der Waals surface area contributed by atoms with Gasteiger partial charge in [0, 0.05) is 45.1 Å². The highest BCUT2D eigenvalue weighted by molar-refractivity contribution is 6.31. The average molecular weight is 240 g/mol. The van der Waals surface area contributed by atoms with E-state index in [2.05, 4.69) is 22.1 Å². The lowest BCUT2D eigenvalue weighted by molar-refractivity contribution is 0.243. The van der Waals surface area contributed by atoms with Gasteiger partial charge in [0.05, 0.1) is 5.02 Å². The zero-order valence-corrected chi connectivity index (χ0v) is 10.4. The molecule has 1 N–H and O–H groups in total. The zero-order valence-electron chi connectivity index (χ0n) is 9.67. The Morgan fingerprint density at radius 2 is 2.12 bits per heavy atom. The van der Waals surface area contributed by atoms with Gasteiger partial charge >= 0.3 is 0 Å². The molecule has 16 heavy (non-hydrogen) atoms. The molecule has 0 atom stereocenters. The standard InChI is InChI=1S/C12H18ClN3/c1-10-11(8-15-9-12(10)13)2-5-16-6-3-14-4-7-16/h8-9,14H,2-7H2,1H3. The number of piperazine rings is 1. The number of nitrogens with one attached hydrogen (secondary N) is 1. The van der Waals surface area contributed by atoms with Gasteiger partial charge in [-0.05, 0) is 24.5 Å². The molecule has 0 amide bonds. The monoisotopic (exact) mass is 239 g/mol. The molecule has 1 aromatic heterocycles. The fourth-order valence-electron chi connectivity index (χ4n) is 2.01. The van der Waals surface area contributed by atoms with Crippen molar-refractivity contribution in [2.45, 2.75) is 13.3 Å². The first kappa shape index (κ1) is 11.8. The molecule has 0 spiro atoms. The van der Waals surface area contributed by atoms with Gasteiger partial charge in [-0.15, -0.1) is 0 Å². The second kappa shape index (κ2) is 5.62. The summed E-state index contributed by atoms with van der Waals surface area (Å²) in [7, 11) is 0. The Kier molecular flexibility index (Phi) is 4.16. The van der Waals surface area contributed by atoms with Crippen molar-refractivity contribution in [3.8, 4) is 0 Å². The summed E-state index contributed by atoms with van der Waals surface area (Å²) in [5, 5.41) is 4.13. The molecule has 1 aliphatic heterocycles. The predicted octanol–water partition coefficient (Wildman–Crippen LogP) is 1.49. The van der Waals surface area contributed by atoms with E-state index in [-0.39, 0.29) is 0 Å². The third kappa shape index (κ3) is 2.94. The van der Waals surface area contributed by atoms with Gasteiger partial charge in [-0.25, -0.2) is 0 Å². The van der Waals surface area contributed by atoms with Crippen LogP contribution < -0.4 is 5.32 Å². The van der Waals surface area contributed by atoms with E-state index < -0.39 is 0 Å². The SMILES string of the molecule is Cc1c(Cl)cncc1CCN1CCNCC1. The Labute approximate surface area is 102 Å². The maximum absolute atomic E-state index is 6.05. The van der Waals surface area contributed by atoms with E-state index in [0.717, 1.165) is 44.2 Å². The van der Waals surface area contributed by atoms with Crippen LogP contribution >= 0.6 is 11.6 Å². The highest BCUT2D eigenvalue weighted by atomic mass is 35.5.